The van der Waals surface area contributed by atoms with Crippen molar-refractivity contribution in [1.82, 2.24) is 9.88 Å². The summed E-state index contributed by atoms with van der Waals surface area (Å²) in [6.07, 6.45) is 1.37. The summed E-state index contributed by atoms with van der Waals surface area (Å²) in [6, 6.07) is 5.71. The summed E-state index contributed by atoms with van der Waals surface area (Å²) >= 11 is 3.27. The SMILES string of the molecule is CCN(C(=O)[C@H]1CS[C@]2(C)CCC(=O)N12)c1nc2c(C)cccc2s1. The van der Waals surface area contributed by atoms with Crippen molar-refractivity contribution in [2.24, 2.45) is 0 Å². The number of carbonyl (C=O) groups excluding carboxylic acids is 2. The molecule has 25 heavy (non-hydrogen) atoms. The number of aryl methyl sites for hydroxylation is 1. The molecule has 2 atom stereocenters. The minimum atomic E-state index is -0.377. The molecule has 0 N–H and O–H groups in total. The normalized spacial score (nSPS) is 25.6. The number of hydrogen-bond acceptors (Lipinski definition) is 5. The third-order valence-corrected chi connectivity index (χ3v) is 7.70. The molecule has 0 radical (unpaired) electrons. The summed E-state index contributed by atoms with van der Waals surface area (Å²) in [6.45, 7) is 6.63. The molecule has 132 valence electrons. The molecule has 4 rings (SSSR count). The van der Waals surface area contributed by atoms with E-state index in [-0.39, 0.29) is 22.7 Å². The monoisotopic (exact) mass is 375 g/mol. The number of para-hydroxylation sites is 1. The van der Waals surface area contributed by atoms with Gasteiger partial charge in [-0.2, -0.15) is 0 Å². The van der Waals surface area contributed by atoms with E-state index in [0.717, 1.165) is 27.3 Å². The molecular weight excluding hydrogens is 354 g/mol. The Balaban J connectivity index is 1.67. The number of hydrogen-bond donors (Lipinski definition) is 0. The molecule has 2 aromatic rings. The largest absolute Gasteiger partial charge is 0.315 e. The number of fused-ring (bicyclic) bond motifs is 2. The fourth-order valence-corrected chi connectivity index (χ4v) is 6.29. The smallest absolute Gasteiger partial charge is 0.252 e. The summed E-state index contributed by atoms with van der Waals surface area (Å²) in [4.78, 5) is 33.6. The molecule has 5 nitrogen and oxygen atoms in total. The molecule has 2 fully saturated rings. The minimum Gasteiger partial charge on any atom is -0.315 e. The Labute approximate surface area is 155 Å². The number of thiazole rings is 1. The zero-order valence-corrected chi connectivity index (χ0v) is 16.2. The van der Waals surface area contributed by atoms with Gasteiger partial charge in [0, 0.05) is 18.7 Å². The van der Waals surface area contributed by atoms with Crippen LogP contribution in [0.5, 0.6) is 0 Å². The molecule has 3 heterocycles. The van der Waals surface area contributed by atoms with E-state index in [1.807, 2.05) is 36.9 Å². The third kappa shape index (κ3) is 2.56. The average molecular weight is 376 g/mol. The van der Waals surface area contributed by atoms with Gasteiger partial charge < -0.3 is 4.90 Å². The highest BCUT2D eigenvalue weighted by Crippen LogP contribution is 2.47. The van der Waals surface area contributed by atoms with Crippen LogP contribution in [0.4, 0.5) is 5.13 Å². The van der Waals surface area contributed by atoms with Crippen LogP contribution in [0.2, 0.25) is 0 Å². The molecule has 2 aliphatic heterocycles. The lowest BCUT2D eigenvalue weighted by Crippen LogP contribution is -2.51. The molecule has 0 spiro atoms. The van der Waals surface area contributed by atoms with Crippen molar-refractivity contribution < 1.29 is 9.59 Å². The molecule has 0 bridgehead atoms. The summed E-state index contributed by atoms with van der Waals surface area (Å²) in [7, 11) is 0. The zero-order chi connectivity index (χ0) is 17.8. The maximum absolute atomic E-state index is 13.3. The number of aromatic nitrogens is 1. The van der Waals surface area contributed by atoms with Gasteiger partial charge in [-0.05, 0) is 38.8 Å². The lowest BCUT2D eigenvalue weighted by Gasteiger charge is -2.32. The number of rotatable bonds is 3. The van der Waals surface area contributed by atoms with Gasteiger partial charge in [0.15, 0.2) is 5.13 Å². The van der Waals surface area contributed by atoms with Crippen LogP contribution < -0.4 is 4.90 Å². The summed E-state index contributed by atoms with van der Waals surface area (Å²) in [5.41, 5.74) is 2.07. The van der Waals surface area contributed by atoms with E-state index >= 15 is 0 Å². The molecule has 0 aliphatic carbocycles. The first kappa shape index (κ1) is 16.8. The first-order valence-electron chi connectivity index (χ1n) is 8.58. The van der Waals surface area contributed by atoms with Gasteiger partial charge in [-0.1, -0.05) is 23.5 Å². The van der Waals surface area contributed by atoms with Crippen LogP contribution in [0.1, 0.15) is 32.3 Å². The second-order valence-electron chi connectivity index (χ2n) is 6.77. The molecule has 0 unspecified atom stereocenters. The van der Waals surface area contributed by atoms with Gasteiger partial charge in [0.1, 0.15) is 6.04 Å². The molecule has 2 aliphatic rings. The number of carbonyl (C=O) groups is 2. The lowest BCUT2D eigenvalue weighted by atomic mass is 10.2. The van der Waals surface area contributed by atoms with Crippen LogP contribution in [0.25, 0.3) is 10.2 Å². The van der Waals surface area contributed by atoms with E-state index in [0.29, 0.717) is 18.7 Å². The number of anilines is 1. The second kappa shape index (κ2) is 5.99. The lowest BCUT2D eigenvalue weighted by molar-refractivity contribution is -0.136. The zero-order valence-electron chi connectivity index (χ0n) is 14.6. The van der Waals surface area contributed by atoms with Crippen molar-refractivity contribution in [1.29, 1.82) is 0 Å². The number of likely N-dealkylation sites (N-methyl/N-ethyl adjacent to an activating group) is 1. The van der Waals surface area contributed by atoms with E-state index < -0.39 is 0 Å². The highest BCUT2D eigenvalue weighted by molar-refractivity contribution is 8.01. The Morgan fingerprint density at radius 3 is 3.00 bits per heavy atom. The highest BCUT2D eigenvalue weighted by atomic mass is 32.2. The van der Waals surface area contributed by atoms with Crippen LogP contribution in [-0.2, 0) is 9.59 Å². The quantitative estimate of drug-likeness (QED) is 0.825. The van der Waals surface area contributed by atoms with Crippen LogP contribution in [0, 0.1) is 6.92 Å². The van der Waals surface area contributed by atoms with E-state index in [4.69, 9.17) is 4.98 Å². The van der Waals surface area contributed by atoms with Crippen molar-refractivity contribution in [2.45, 2.75) is 44.5 Å². The molecule has 0 saturated carbocycles. The Bertz CT molecular complexity index is 865. The summed E-state index contributed by atoms with van der Waals surface area (Å²) in [5.74, 6) is 0.759. The third-order valence-electron chi connectivity index (χ3n) is 5.15. The fourth-order valence-electron chi connectivity index (χ4n) is 3.76. The van der Waals surface area contributed by atoms with E-state index in [1.54, 1.807) is 28.0 Å². The van der Waals surface area contributed by atoms with E-state index in [9.17, 15) is 9.59 Å². The first-order chi connectivity index (χ1) is 11.9. The van der Waals surface area contributed by atoms with Crippen LogP contribution in [-0.4, -0.2) is 44.9 Å². The number of thioether (sulfide) groups is 1. The fraction of sp³-hybridized carbons (Fsp3) is 0.500. The van der Waals surface area contributed by atoms with Gasteiger partial charge in [0.25, 0.3) is 5.91 Å². The Morgan fingerprint density at radius 1 is 1.48 bits per heavy atom. The highest BCUT2D eigenvalue weighted by Gasteiger charge is 2.53. The van der Waals surface area contributed by atoms with Crippen molar-refractivity contribution in [3.05, 3.63) is 23.8 Å². The molecular formula is C18H21N3O2S2. The van der Waals surface area contributed by atoms with Crippen LogP contribution in [0.15, 0.2) is 18.2 Å². The molecule has 7 heteroatoms. The van der Waals surface area contributed by atoms with Crippen LogP contribution >= 0.6 is 23.1 Å². The predicted molar refractivity (Wildman–Crippen MR) is 103 cm³/mol. The Morgan fingerprint density at radius 2 is 2.28 bits per heavy atom. The van der Waals surface area contributed by atoms with Gasteiger partial charge >= 0.3 is 0 Å². The average Bonchev–Trinajstić information content (AvgIpc) is 3.23. The van der Waals surface area contributed by atoms with Crippen molar-refractivity contribution in [2.75, 3.05) is 17.2 Å². The van der Waals surface area contributed by atoms with Gasteiger partial charge in [0.2, 0.25) is 5.91 Å². The molecule has 1 aromatic heterocycles. The topological polar surface area (TPSA) is 53.5 Å². The van der Waals surface area contributed by atoms with E-state index in [2.05, 4.69) is 6.92 Å². The maximum Gasteiger partial charge on any atom is 0.252 e. The summed E-state index contributed by atoms with van der Waals surface area (Å²) < 4.78 is 1.09. The Hall–Kier alpha value is -1.60. The number of amides is 2. The Kier molecular flexibility index (Phi) is 4.03. The van der Waals surface area contributed by atoms with Crippen LogP contribution in [0.3, 0.4) is 0 Å². The summed E-state index contributed by atoms with van der Waals surface area (Å²) in [5, 5.41) is 0.724. The molecule has 2 saturated heterocycles. The van der Waals surface area contributed by atoms with E-state index in [1.165, 1.54) is 0 Å². The number of nitrogens with zero attached hydrogens (tertiary/aromatic N) is 3. The van der Waals surface area contributed by atoms with Crippen molar-refractivity contribution in [3.8, 4) is 0 Å². The first-order valence-corrected chi connectivity index (χ1v) is 10.4. The predicted octanol–water partition coefficient (Wildman–Crippen LogP) is 3.41. The van der Waals surface area contributed by atoms with Gasteiger partial charge in [-0.15, -0.1) is 11.8 Å². The van der Waals surface area contributed by atoms with Gasteiger partial charge in [-0.25, -0.2) is 4.98 Å². The molecule has 1 aromatic carbocycles. The second-order valence-corrected chi connectivity index (χ2v) is 9.28. The molecule has 2 amide bonds. The van der Waals surface area contributed by atoms with Crippen molar-refractivity contribution in [3.63, 3.8) is 0 Å². The van der Waals surface area contributed by atoms with Gasteiger partial charge in [0.05, 0.1) is 15.1 Å². The standard InChI is InChI=1S/C18H21N3O2S2/c1-4-20(17-19-15-11(2)6-5-7-13(15)25-17)16(23)12-10-24-18(3)9-8-14(22)21(12)18/h5-7,12H,4,8-10H2,1-3H3/t12-,18-/m1/s1. The van der Waals surface area contributed by atoms with Crippen molar-refractivity contribution >= 4 is 50.3 Å². The van der Waals surface area contributed by atoms with Gasteiger partial charge in [-0.3, -0.25) is 14.5 Å². The minimum absolute atomic E-state index is 0.00863. The maximum atomic E-state index is 13.3. The number of benzene rings is 1.